The number of piperidine rings is 1. The molecule has 0 spiro atoms. The Labute approximate surface area is 183 Å². The Morgan fingerprint density at radius 1 is 1.16 bits per heavy atom. The Hall–Kier alpha value is -3.23. The van der Waals surface area contributed by atoms with Gasteiger partial charge in [0.1, 0.15) is 0 Å². The van der Waals surface area contributed by atoms with Crippen LogP contribution in [0.4, 0.5) is 0 Å². The molecule has 0 bridgehead atoms. The molecule has 0 atom stereocenters. The van der Waals surface area contributed by atoms with Gasteiger partial charge in [0.15, 0.2) is 0 Å². The van der Waals surface area contributed by atoms with E-state index in [9.17, 15) is 15.2 Å². The third-order valence-electron chi connectivity index (χ3n) is 6.46. The van der Waals surface area contributed by atoms with Crippen LogP contribution < -0.4 is 0 Å². The average Bonchev–Trinajstić information content (AvgIpc) is 2.83. The van der Waals surface area contributed by atoms with Crippen molar-refractivity contribution in [2.75, 3.05) is 13.1 Å². The van der Waals surface area contributed by atoms with E-state index in [2.05, 4.69) is 35.3 Å². The molecular formula is C26H27N3O2. The Balaban J connectivity index is 1.55. The maximum atomic E-state index is 12.0. The summed E-state index contributed by atoms with van der Waals surface area (Å²) in [6, 6.07) is 18.7. The van der Waals surface area contributed by atoms with Gasteiger partial charge < -0.3 is 10.0 Å². The third kappa shape index (κ3) is 4.17. The van der Waals surface area contributed by atoms with Gasteiger partial charge in [0.05, 0.1) is 23.6 Å². The highest BCUT2D eigenvalue weighted by molar-refractivity contribution is 5.88. The molecule has 0 saturated carbocycles. The highest BCUT2D eigenvalue weighted by Crippen LogP contribution is 2.36. The summed E-state index contributed by atoms with van der Waals surface area (Å²) in [5.74, 6) is 0.167. The standard InChI is InChI=1S/C26H27N3O2/c1-2-24(31)29-14-11-26(18-27,12-15-29)16-19-5-7-20(8-6-19)22-10-9-21-4-3-13-28-25(21)23(22)17-30/h3-10,13,30H,2,11-12,14-17H2,1H3. The van der Waals surface area contributed by atoms with E-state index in [1.807, 2.05) is 36.1 Å². The molecule has 2 heterocycles. The molecule has 5 heteroatoms. The molecule has 1 aromatic heterocycles. The number of carbonyl (C=O) groups is 1. The molecule has 158 valence electrons. The summed E-state index contributed by atoms with van der Waals surface area (Å²) in [5.41, 5.74) is 4.34. The van der Waals surface area contributed by atoms with Crippen LogP contribution in [-0.2, 0) is 17.8 Å². The van der Waals surface area contributed by atoms with Crippen molar-refractivity contribution in [1.82, 2.24) is 9.88 Å². The summed E-state index contributed by atoms with van der Waals surface area (Å²) in [6.45, 7) is 3.12. The SMILES string of the molecule is CCC(=O)N1CCC(C#N)(Cc2ccc(-c3ccc4cccnc4c3CO)cc2)CC1. The fourth-order valence-corrected chi connectivity index (χ4v) is 4.56. The first-order valence-corrected chi connectivity index (χ1v) is 10.8. The van der Waals surface area contributed by atoms with E-state index in [1.165, 1.54) is 0 Å². The summed E-state index contributed by atoms with van der Waals surface area (Å²) in [4.78, 5) is 18.3. The van der Waals surface area contributed by atoms with E-state index in [4.69, 9.17) is 0 Å². The van der Waals surface area contributed by atoms with E-state index in [0.717, 1.165) is 33.2 Å². The number of nitrogens with zero attached hydrogens (tertiary/aromatic N) is 3. The number of nitriles is 1. The second kappa shape index (κ2) is 8.87. The highest BCUT2D eigenvalue weighted by Gasteiger charge is 2.36. The number of carbonyl (C=O) groups excluding carboxylic acids is 1. The molecule has 5 nitrogen and oxygen atoms in total. The number of fused-ring (bicyclic) bond motifs is 1. The molecule has 1 aliphatic rings. The number of aromatic nitrogens is 1. The molecule has 2 aromatic carbocycles. The minimum Gasteiger partial charge on any atom is -0.392 e. The number of hydrogen-bond donors (Lipinski definition) is 1. The van der Waals surface area contributed by atoms with Crippen LogP contribution in [0.5, 0.6) is 0 Å². The first-order valence-electron chi connectivity index (χ1n) is 10.8. The monoisotopic (exact) mass is 413 g/mol. The van der Waals surface area contributed by atoms with Crippen molar-refractivity contribution in [3.05, 3.63) is 65.9 Å². The van der Waals surface area contributed by atoms with Gasteiger partial charge in [-0.15, -0.1) is 0 Å². The fourth-order valence-electron chi connectivity index (χ4n) is 4.56. The Morgan fingerprint density at radius 3 is 2.55 bits per heavy atom. The number of likely N-dealkylation sites (tertiary alicyclic amines) is 1. The number of hydrogen-bond acceptors (Lipinski definition) is 4. The van der Waals surface area contributed by atoms with Gasteiger partial charge in [-0.25, -0.2) is 0 Å². The summed E-state index contributed by atoms with van der Waals surface area (Å²) < 4.78 is 0. The Bertz CT molecular complexity index is 1120. The number of benzene rings is 2. The third-order valence-corrected chi connectivity index (χ3v) is 6.46. The number of amides is 1. The number of aliphatic hydroxyl groups excluding tert-OH is 1. The zero-order valence-electron chi connectivity index (χ0n) is 17.8. The highest BCUT2D eigenvalue weighted by atomic mass is 16.3. The van der Waals surface area contributed by atoms with E-state index in [0.29, 0.717) is 38.8 Å². The first-order chi connectivity index (χ1) is 15.1. The molecule has 0 radical (unpaired) electrons. The van der Waals surface area contributed by atoms with Gasteiger partial charge in [0.2, 0.25) is 5.91 Å². The van der Waals surface area contributed by atoms with Crippen LogP contribution in [0.1, 0.15) is 37.3 Å². The quantitative estimate of drug-likeness (QED) is 0.669. The van der Waals surface area contributed by atoms with E-state index >= 15 is 0 Å². The molecule has 1 aliphatic heterocycles. The van der Waals surface area contributed by atoms with Crippen LogP contribution in [0.2, 0.25) is 0 Å². The lowest BCUT2D eigenvalue weighted by Crippen LogP contribution is -2.43. The zero-order valence-corrected chi connectivity index (χ0v) is 17.8. The molecule has 0 aliphatic carbocycles. The van der Waals surface area contributed by atoms with Crippen molar-refractivity contribution in [3.8, 4) is 17.2 Å². The van der Waals surface area contributed by atoms with Gasteiger partial charge in [-0.3, -0.25) is 9.78 Å². The van der Waals surface area contributed by atoms with Crippen LogP contribution in [0.15, 0.2) is 54.7 Å². The molecule has 3 aromatic rings. The normalized spacial score (nSPS) is 15.6. The second-order valence-electron chi connectivity index (χ2n) is 8.33. The molecule has 1 N–H and O–H groups in total. The maximum absolute atomic E-state index is 12.0. The van der Waals surface area contributed by atoms with Gasteiger partial charge in [-0.05, 0) is 42.0 Å². The van der Waals surface area contributed by atoms with Gasteiger partial charge in [0.25, 0.3) is 0 Å². The largest absolute Gasteiger partial charge is 0.392 e. The van der Waals surface area contributed by atoms with E-state index in [1.54, 1.807) is 6.20 Å². The van der Waals surface area contributed by atoms with Crippen molar-refractivity contribution in [2.24, 2.45) is 5.41 Å². The average molecular weight is 414 g/mol. The maximum Gasteiger partial charge on any atom is 0.222 e. The number of pyridine rings is 1. The van der Waals surface area contributed by atoms with Gasteiger partial charge in [-0.2, -0.15) is 5.26 Å². The van der Waals surface area contributed by atoms with Crippen molar-refractivity contribution in [2.45, 2.75) is 39.2 Å². The van der Waals surface area contributed by atoms with Crippen molar-refractivity contribution in [3.63, 3.8) is 0 Å². The lowest BCUT2D eigenvalue weighted by Gasteiger charge is -2.37. The van der Waals surface area contributed by atoms with Crippen LogP contribution in [0.3, 0.4) is 0 Å². The van der Waals surface area contributed by atoms with Crippen LogP contribution in [-0.4, -0.2) is 34.0 Å². The van der Waals surface area contributed by atoms with Gasteiger partial charge in [0, 0.05) is 36.7 Å². The minimum atomic E-state index is -0.421. The van der Waals surface area contributed by atoms with Crippen LogP contribution in [0, 0.1) is 16.7 Å². The van der Waals surface area contributed by atoms with E-state index in [-0.39, 0.29) is 12.5 Å². The van der Waals surface area contributed by atoms with E-state index < -0.39 is 5.41 Å². The summed E-state index contributed by atoms with van der Waals surface area (Å²) >= 11 is 0. The smallest absolute Gasteiger partial charge is 0.222 e. The molecule has 0 unspecified atom stereocenters. The van der Waals surface area contributed by atoms with Gasteiger partial charge in [-0.1, -0.05) is 49.4 Å². The lowest BCUT2D eigenvalue weighted by atomic mass is 9.75. The predicted molar refractivity (Wildman–Crippen MR) is 121 cm³/mol. The Kier molecular flexibility index (Phi) is 6.01. The van der Waals surface area contributed by atoms with Crippen molar-refractivity contribution < 1.29 is 9.90 Å². The topological polar surface area (TPSA) is 77.2 Å². The molecule has 1 amide bonds. The lowest BCUT2D eigenvalue weighted by molar-refractivity contribution is -0.132. The summed E-state index contributed by atoms with van der Waals surface area (Å²) in [5, 5.41) is 20.9. The van der Waals surface area contributed by atoms with Gasteiger partial charge >= 0.3 is 0 Å². The molecule has 31 heavy (non-hydrogen) atoms. The first kappa shape index (κ1) is 21.0. The Morgan fingerprint density at radius 2 is 1.90 bits per heavy atom. The number of aliphatic hydroxyl groups is 1. The molecule has 4 rings (SSSR count). The van der Waals surface area contributed by atoms with Crippen LogP contribution >= 0.6 is 0 Å². The van der Waals surface area contributed by atoms with Crippen LogP contribution in [0.25, 0.3) is 22.0 Å². The summed E-state index contributed by atoms with van der Waals surface area (Å²) in [6.07, 6.45) is 4.37. The second-order valence-corrected chi connectivity index (χ2v) is 8.33. The molecular weight excluding hydrogens is 386 g/mol. The zero-order chi connectivity index (χ0) is 21.8. The molecule has 1 fully saturated rings. The number of rotatable bonds is 5. The van der Waals surface area contributed by atoms with Crippen molar-refractivity contribution >= 4 is 16.8 Å². The van der Waals surface area contributed by atoms with Crippen molar-refractivity contribution in [1.29, 1.82) is 5.26 Å². The minimum absolute atomic E-state index is 0.0735. The predicted octanol–water partition coefficient (Wildman–Crippen LogP) is 4.48. The molecule has 1 saturated heterocycles. The summed E-state index contributed by atoms with van der Waals surface area (Å²) in [7, 11) is 0. The fraction of sp³-hybridized carbons (Fsp3) is 0.346.